The Morgan fingerprint density at radius 3 is 1.17 bits per heavy atom. The van der Waals surface area contributed by atoms with E-state index in [1.807, 2.05) is 41.5 Å². The summed E-state index contributed by atoms with van der Waals surface area (Å²) in [5, 5.41) is 12.2. The fraction of sp³-hybridized carbons (Fsp3) is 0.455. The largest absolute Gasteiger partial charge is 0.453 e. The number of rotatable bonds is 23. The van der Waals surface area contributed by atoms with Gasteiger partial charge < -0.3 is 35.0 Å². The SMILES string of the molecule is CC(C)C[C@H](CC(=O)CNC(=O)c1cc(Cl)ccc1Cl)B1OB([C@@H](CC(=O)CNC(=O)c2cc(Cl)ccc2Cl)CC(C)C)OB([C@H](CC(C)C)NC(=O)CNC(=O)c2cc(Cl)ccc2Cl)O1. The average Bonchev–Trinajstić information content (AvgIpc) is 3.25. The number of benzene rings is 3. The summed E-state index contributed by atoms with van der Waals surface area (Å²) in [7, 11) is -3.35. The van der Waals surface area contributed by atoms with Gasteiger partial charge in [-0.05, 0) is 103 Å². The predicted molar refractivity (Wildman–Crippen MR) is 264 cm³/mol. The van der Waals surface area contributed by atoms with Crippen LogP contribution in [0.25, 0.3) is 0 Å². The van der Waals surface area contributed by atoms with Gasteiger partial charge in [0.25, 0.3) is 17.7 Å². The second-order valence-electron chi connectivity index (χ2n) is 17.5. The lowest BCUT2D eigenvalue weighted by atomic mass is 9.53. The first kappa shape index (κ1) is 55.3. The van der Waals surface area contributed by atoms with Crippen molar-refractivity contribution in [2.45, 2.75) is 91.2 Å². The molecule has 0 radical (unpaired) electrons. The van der Waals surface area contributed by atoms with Crippen molar-refractivity contribution in [1.82, 2.24) is 21.3 Å². The number of nitrogens with one attached hydrogen (secondary N) is 4. The molecule has 0 bridgehead atoms. The molecule has 4 rings (SSSR count). The average molecular weight is 1030 g/mol. The number of hydrogen-bond acceptors (Lipinski definition) is 9. The van der Waals surface area contributed by atoms with E-state index in [9.17, 15) is 28.8 Å². The normalized spacial score (nSPS) is 14.3. The Bertz CT molecular complexity index is 1980. The number of carbonyl (C=O) groups is 6. The molecule has 22 heteroatoms. The van der Waals surface area contributed by atoms with Crippen molar-refractivity contribution in [3.8, 4) is 0 Å². The van der Waals surface area contributed by atoms with Crippen LogP contribution in [0.2, 0.25) is 41.8 Å². The van der Waals surface area contributed by atoms with Gasteiger partial charge in [0.2, 0.25) is 5.91 Å². The van der Waals surface area contributed by atoms with Crippen LogP contribution < -0.4 is 21.3 Å². The molecule has 0 spiro atoms. The molecule has 13 nitrogen and oxygen atoms in total. The highest BCUT2D eigenvalue weighted by molar-refractivity contribution is 6.75. The number of hydrogen-bond donors (Lipinski definition) is 4. The predicted octanol–water partition coefficient (Wildman–Crippen LogP) is 9.55. The van der Waals surface area contributed by atoms with Crippen LogP contribution in [0.4, 0.5) is 0 Å². The smallest absolute Gasteiger partial charge is 0.452 e. The maximum atomic E-state index is 13.7. The molecule has 4 amide bonds. The molecule has 1 saturated heterocycles. The number of ketones is 2. The molecule has 3 aromatic rings. The van der Waals surface area contributed by atoms with Crippen LogP contribution in [0.5, 0.6) is 0 Å². The summed E-state index contributed by atoms with van der Waals surface area (Å²) in [5.74, 6) is -4.90. The van der Waals surface area contributed by atoms with Crippen LogP contribution in [-0.4, -0.2) is 82.1 Å². The summed E-state index contributed by atoms with van der Waals surface area (Å²) >= 11 is 37.0. The van der Waals surface area contributed by atoms with Crippen molar-refractivity contribution in [3.63, 3.8) is 0 Å². The van der Waals surface area contributed by atoms with Crippen molar-refractivity contribution >= 4 is 126 Å². The third kappa shape index (κ3) is 17.7. The van der Waals surface area contributed by atoms with Gasteiger partial charge in [-0.1, -0.05) is 111 Å². The third-order valence-corrected chi connectivity index (χ3v) is 12.0. The van der Waals surface area contributed by atoms with Crippen molar-refractivity contribution < 1.29 is 42.5 Å². The highest BCUT2D eigenvalue weighted by Crippen LogP contribution is 2.36. The number of carbonyl (C=O) groups excluding carboxylic acids is 6. The lowest BCUT2D eigenvalue weighted by Gasteiger charge is -2.40. The van der Waals surface area contributed by atoms with E-state index < -0.39 is 69.1 Å². The minimum atomic E-state index is -1.16. The van der Waals surface area contributed by atoms with Gasteiger partial charge in [0.1, 0.15) is 0 Å². The summed E-state index contributed by atoms with van der Waals surface area (Å²) in [6, 6.07) is 13.3. The molecule has 0 aliphatic carbocycles. The minimum Gasteiger partial charge on any atom is -0.452 e. The number of amides is 4. The lowest BCUT2D eigenvalue weighted by molar-refractivity contribution is -0.120. The molecule has 3 aromatic carbocycles. The second kappa shape index (κ2) is 26.5. The molecule has 66 heavy (non-hydrogen) atoms. The molecule has 1 aliphatic rings. The van der Waals surface area contributed by atoms with Crippen molar-refractivity contribution in [2.75, 3.05) is 19.6 Å². The molecule has 0 saturated carbocycles. The molecule has 0 unspecified atom stereocenters. The molecule has 1 aliphatic heterocycles. The number of Topliss-reactive ketones (excluding diaryl/α,β-unsaturated/α-hetero) is 2. The van der Waals surface area contributed by atoms with E-state index in [1.165, 1.54) is 42.5 Å². The quantitative estimate of drug-likeness (QED) is 0.0674. The first-order valence-corrected chi connectivity index (χ1v) is 23.9. The summed E-state index contributed by atoms with van der Waals surface area (Å²) in [6.07, 6.45) is 1.06. The van der Waals surface area contributed by atoms with E-state index in [0.717, 1.165) is 0 Å². The van der Waals surface area contributed by atoms with Crippen LogP contribution in [0.15, 0.2) is 54.6 Å². The molecular weight excluding hydrogens is 974 g/mol. The van der Waals surface area contributed by atoms with E-state index in [0.29, 0.717) is 34.3 Å². The maximum absolute atomic E-state index is 13.7. The molecule has 354 valence electrons. The Hall–Kier alpha value is -3.31. The van der Waals surface area contributed by atoms with Crippen molar-refractivity contribution in [2.24, 2.45) is 17.8 Å². The lowest BCUT2D eigenvalue weighted by Crippen LogP contribution is -2.61. The molecule has 3 atom stereocenters. The van der Waals surface area contributed by atoms with Crippen LogP contribution in [0, 0.1) is 17.8 Å². The number of halogens is 6. The molecule has 0 aromatic heterocycles. The Labute approximate surface area is 417 Å². The van der Waals surface area contributed by atoms with E-state index in [-0.39, 0.29) is 87.0 Å². The summed E-state index contributed by atoms with van der Waals surface area (Å²) in [5.41, 5.74) is 0.318. The summed E-state index contributed by atoms with van der Waals surface area (Å²) in [4.78, 5) is 80.1. The van der Waals surface area contributed by atoms with Crippen LogP contribution >= 0.6 is 69.6 Å². The Kier molecular flexibility index (Phi) is 22.2. The Morgan fingerprint density at radius 1 is 0.485 bits per heavy atom. The highest BCUT2D eigenvalue weighted by atomic mass is 35.5. The zero-order valence-corrected chi connectivity index (χ0v) is 42.0. The van der Waals surface area contributed by atoms with Gasteiger partial charge in [-0.25, -0.2) is 0 Å². The van der Waals surface area contributed by atoms with Crippen LogP contribution in [0.3, 0.4) is 0 Å². The zero-order valence-electron chi connectivity index (χ0n) is 37.5. The highest BCUT2D eigenvalue weighted by Gasteiger charge is 2.51. The van der Waals surface area contributed by atoms with E-state index in [4.69, 9.17) is 83.3 Å². The van der Waals surface area contributed by atoms with Crippen molar-refractivity contribution in [3.05, 3.63) is 101 Å². The molecule has 4 N–H and O–H groups in total. The first-order chi connectivity index (χ1) is 31.1. The Morgan fingerprint density at radius 2 is 0.818 bits per heavy atom. The molecule has 1 fully saturated rings. The van der Waals surface area contributed by atoms with Gasteiger partial charge in [-0.2, -0.15) is 0 Å². The topological polar surface area (TPSA) is 178 Å². The van der Waals surface area contributed by atoms with E-state index >= 15 is 0 Å². The van der Waals surface area contributed by atoms with Gasteiger partial charge in [0, 0.05) is 27.9 Å². The van der Waals surface area contributed by atoms with Crippen LogP contribution in [-0.2, 0) is 28.1 Å². The molecule has 1 heterocycles. The fourth-order valence-corrected chi connectivity index (χ4v) is 8.60. The molecular formula is C44H53B3Cl6N4O9. The summed E-state index contributed by atoms with van der Waals surface area (Å²) in [6.45, 7) is 10.7. The van der Waals surface area contributed by atoms with Gasteiger partial charge in [0.05, 0.1) is 57.3 Å². The Balaban J connectivity index is 1.61. The third-order valence-electron chi connectivity index (χ3n) is 10.3. The van der Waals surface area contributed by atoms with Gasteiger partial charge in [0.15, 0.2) is 11.6 Å². The standard InChI is InChI=1S/C44H53B3Cl6N4O9/c1-24(2)13-27(16-32(58)21-54-42(61)34-18-29(48)7-10-37(34)51)45-64-46(28(14-25(3)4)17-33(59)22-55-43(62)35-19-30(49)8-11-38(35)52)66-47(65-45)40(15-26(5)6)57-41(60)23-56-44(63)36-20-31(50)9-12-39(36)53/h7-12,18-20,24-28,40H,13-17,21-23H2,1-6H3,(H,54,61)(H,55,62)(H,56,63)(H,57,60)/t27-,28-,40+/m1/s1. The van der Waals surface area contributed by atoms with Gasteiger partial charge in [-0.3, -0.25) is 28.8 Å². The van der Waals surface area contributed by atoms with E-state index in [1.54, 1.807) is 12.1 Å². The van der Waals surface area contributed by atoms with Gasteiger partial charge >= 0.3 is 21.4 Å². The monoisotopic (exact) mass is 1020 g/mol. The minimum absolute atomic E-state index is 0.00333. The fourth-order valence-electron chi connectivity index (χ4n) is 7.47. The zero-order chi connectivity index (χ0) is 48.8. The summed E-state index contributed by atoms with van der Waals surface area (Å²) < 4.78 is 19.8. The first-order valence-electron chi connectivity index (χ1n) is 21.6. The van der Waals surface area contributed by atoms with Crippen LogP contribution in [0.1, 0.15) is 105 Å². The van der Waals surface area contributed by atoms with E-state index in [2.05, 4.69) is 21.3 Å². The second-order valence-corrected chi connectivity index (χ2v) is 20.0. The van der Waals surface area contributed by atoms with Gasteiger partial charge in [-0.15, -0.1) is 0 Å². The maximum Gasteiger partial charge on any atom is 0.453 e. The van der Waals surface area contributed by atoms with Crippen molar-refractivity contribution in [1.29, 1.82) is 0 Å².